The lowest BCUT2D eigenvalue weighted by Gasteiger charge is -2.37. The van der Waals surface area contributed by atoms with Gasteiger partial charge >= 0.3 is 0 Å². The maximum Gasteiger partial charge on any atom is 0.123 e. The van der Waals surface area contributed by atoms with Crippen molar-refractivity contribution in [3.8, 4) is 0 Å². The average Bonchev–Trinajstić information content (AvgIpc) is 2.78. The lowest BCUT2D eigenvalue weighted by atomic mass is 9.91. The Bertz CT molecular complexity index is 391. The van der Waals surface area contributed by atoms with Gasteiger partial charge in [0.15, 0.2) is 0 Å². The molecule has 17 heavy (non-hydrogen) atoms. The zero-order valence-electron chi connectivity index (χ0n) is 10.3. The summed E-state index contributed by atoms with van der Waals surface area (Å²) in [7, 11) is 0. The van der Waals surface area contributed by atoms with E-state index in [1.165, 1.54) is 44.2 Å². The smallest absolute Gasteiger partial charge is 0.123 e. The molecule has 3 heteroatoms. The van der Waals surface area contributed by atoms with Crippen molar-refractivity contribution >= 4 is 5.82 Å². The number of aromatic nitrogens is 1. The van der Waals surface area contributed by atoms with E-state index in [-0.39, 0.29) is 0 Å². The number of likely N-dealkylation sites (tertiary alicyclic amines) is 1. The van der Waals surface area contributed by atoms with Crippen LogP contribution in [0.2, 0.25) is 0 Å². The molecule has 0 aromatic carbocycles. The third-order valence-corrected chi connectivity index (χ3v) is 4.34. The Labute approximate surface area is 103 Å². The third kappa shape index (κ3) is 2.29. The summed E-state index contributed by atoms with van der Waals surface area (Å²) in [4.78, 5) is 6.72. The third-order valence-electron chi connectivity index (χ3n) is 4.34. The molecule has 0 amide bonds. The van der Waals surface area contributed by atoms with E-state index in [9.17, 15) is 0 Å². The van der Waals surface area contributed by atoms with Crippen LogP contribution in [0.3, 0.4) is 0 Å². The number of anilines is 1. The molecule has 0 bridgehead atoms. The first-order chi connectivity index (χ1) is 8.33. The Morgan fingerprint density at radius 2 is 2.18 bits per heavy atom. The molecule has 2 atom stereocenters. The van der Waals surface area contributed by atoms with Gasteiger partial charge in [0.05, 0.1) is 0 Å². The van der Waals surface area contributed by atoms with Gasteiger partial charge in [0.2, 0.25) is 0 Å². The fourth-order valence-electron chi connectivity index (χ4n) is 3.58. The molecule has 1 aliphatic heterocycles. The summed E-state index contributed by atoms with van der Waals surface area (Å²) in [5.74, 6) is 1.60. The van der Waals surface area contributed by atoms with Crippen LogP contribution in [0.1, 0.15) is 37.7 Å². The Hall–Kier alpha value is -1.09. The molecule has 2 aliphatic rings. The molecule has 0 spiro atoms. The molecule has 0 radical (unpaired) electrons. The van der Waals surface area contributed by atoms with Crippen LogP contribution in [0.5, 0.6) is 0 Å². The quantitative estimate of drug-likeness (QED) is 0.850. The number of piperidine rings is 1. The molecule has 2 unspecified atom stereocenters. The van der Waals surface area contributed by atoms with Crippen LogP contribution in [-0.2, 0) is 6.54 Å². The summed E-state index contributed by atoms with van der Waals surface area (Å²) in [5.41, 5.74) is 7.05. The van der Waals surface area contributed by atoms with Crippen LogP contribution >= 0.6 is 0 Å². The Morgan fingerprint density at radius 3 is 3.06 bits per heavy atom. The predicted octanol–water partition coefficient (Wildman–Crippen LogP) is 2.43. The van der Waals surface area contributed by atoms with E-state index in [1.807, 2.05) is 12.3 Å². The molecular weight excluding hydrogens is 210 g/mol. The normalized spacial score (nSPS) is 29.2. The molecule has 2 N–H and O–H groups in total. The van der Waals surface area contributed by atoms with Gasteiger partial charge in [0.1, 0.15) is 5.82 Å². The lowest BCUT2D eigenvalue weighted by Crippen LogP contribution is -2.41. The second kappa shape index (κ2) is 4.65. The summed E-state index contributed by atoms with van der Waals surface area (Å²) in [6.07, 6.45) is 8.89. The van der Waals surface area contributed by atoms with Gasteiger partial charge in [-0.15, -0.1) is 0 Å². The number of nitrogens with zero attached hydrogens (tertiary/aromatic N) is 2. The predicted molar refractivity (Wildman–Crippen MR) is 69.4 cm³/mol. The van der Waals surface area contributed by atoms with Gasteiger partial charge in [-0.2, -0.15) is 0 Å². The van der Waals surface area contributed by atoms with Gasteiger partial charge in [0.25, 0.3) is 0 Å². The second-order valence-electron chi connectivity index (χ2n) is 5.46. The van der Waals surface area contributed by atoms with Gasteiger partial charge in [-0.1, -0.05) is 6.42 Å². The molecule has 2 heterocycles. The minimum absolute atomic E-state index is 0.641. The van der Waals surface area contributed by atoms with E-state index in [4.69, 9.17) is 5.73 Å². The fourth-order valence-corrected chi connectivity index (χ4v) is 3.58. The lowest BCUT2D eigenvalue weighted by molar-refractivity contribution is 0.106. The van der Waals surface area contributed by atoms with Crippen LogP contribution < -0.4 is 5.73 Å². The topological polar surface area (TPSA) is 42.1 Å². The minimum atomic E-state index is 0.641. The van der Waals surface area contributed by atoms with E-state index in [2.05, 4.69) is 16.0 Å². The monoisotopic (exact) mass is 231 g/mol. The summed E-state index contributed by atoms with van der Waals surface area (Å²) >= 11 is 0. The molecule has 92 valence electrons. The van der Waals surface area contributed by atoms with E-state index < -0.39 is 0 Å². The first-order valence-corrected chi connectivity index (χ1v) is 6.77. The molecular formula is C14H21N3. The van der Waals surface area contributed by atoms with E-state index in [1.54, 1.807) is 0 Å². The standard InChI is InChI=1S/C14H21N3/c15-14-9-11(6-7-16-14)10-17-8-2-4-12-3-1-5-13(12)17/h6-7,9,12-13H,1-5,8,10H2,(H2,15,16). The Balaban J connectivity index is 1.71. The first-order valence-electron chi connectivity index (χ1n) is 6.77. The summed E-state index contributed by atoms with van der Waals surface area (Å²) < 4.78 is 0. The average molecular weight is 231 g/mol. The number of hydrogen-bond donors (Lipinski definition) is 1. The van der Waals surface area contributed by atoms with Crippen molar-refractivity contribution in [3.63, 3.8) is 0 Å². The summed E-state index contributed by atoms with van der Waals surface area (Å²) in [6, 6.07) is 4.94. The fraction of sp³-hybridized carbons (Fsp3) is 0.643. The van der Waals surface area contributed by atoms with Crippen LogP contribution in [0.15, 0.2) is 18.3 Å². The highest BCUT2D eigenvalue weighted by Crippen LogP contribution is 2.37. The highest BCUT2D eigenvalue weighted by Gasteiger charge is 2.34. The van der Waals surface area contributed by atoms with Crippen LogP contribution in [0.4, 0.5) is 5.82 Å². The molecule has 1 saturated carbocycles. The zero-order chi connectivity index (χ0) is 11.7. The van der Waals surface area contributed by atoms with Crippen molar-refractivity contribution in [2.45, 2.75) is 44.7 Å². The molecule has 2 fully saturated rings. The van der Waals surface area contributed by atoms with Gasteiger partial charge in [0, 0.05) is 18.8 Å². The van der Waals surface area contributed by atoms with Crippen molar-refractivity contribution in [1.82, 2.24) is 9.88 Å². The number of pyridine rings is 1. The molecule has 1 aromatic heterocycles. The summed E-state index contributed by atoms with van der Waals surface area (Å²) in [6.45, 7) is 2.30. The Kier molecular flexibility index (Phi) is 3.02. The summed E-state index contributed by atoms with van der Waals surface area (Å²) in [5, 5.41) is 0. The maximum atomic E-state index is 5.74. The molecule has 1 aromatic rings. The SMILES string of the molecule is Nc1cc(CN2CCCC3CCCC32)ccn1. The maximum absolute atomic E-state index is 5.74. The van der Waals surface area contributed by atoms with Crippen molar-refractivity contribution in [2.75, 3.05) is 12.3 Å². The van der Waals surface area contributed by atoms with Crippen molar-refractivity contribution in [3.05, 3.63) is 23.9 Å². The van der Waals surface area contributed by atoms with Crippen molar-refractivity contribution in [1.29, 1.82) is 0 Å². The van der Waals surface area contributed by atoms with Crippen molar-refractivity contribution < 1.29 is 0 Å². The zero-order valence-corrected chi connectivity index (χ0v) is 10.3. The minimum Gasteiger partial charge on any atom is -0.384 e. The second-order valence-corrected chi connectivity index (χ2v) is 5.46. The highest BCUT2D eigenvalue weighted by molar-refractivity contribution is 5.31. The number of fused-ring (bicyclic) bond motifs is 1. The molecule has 1 aliphatic carbocycles. The van der Waals surface area contributed by atoms with E-state index in [0.29, 0.717) is 5.82 Å². The Morgan fingerprint density at radius 1 is 1.29 bits per heavy atom. The number of rotatable bonds is 2. The number of hydrogen-bond acceptors (Lipinski definition) is 3. The molecule has 3 nitrogen and oxygen atoms in total. The molecule has 1 saturated heterocycles. The van der Waals surface area contributed by atoms with Crippen LogP contribution in [0, 0.1) is 5.92 Å². The first kappa shape index (κ1) is 11.0. The van der Waals surface area contributed by atoms with E-state index in [0.717, 1.165) is 18.5 Å². The van der Waals surface area contributed by atoms with E-state index >= 15 is 0 Å². The molecule has 3 rings (SSSR count). The van der Waals surface area contributed by atoms with Gasteiger partial charge in [-0.05, 0) is 55.8 Å². The number of nitrogens with two attached hydrogens (primary N) is 1. The van der Waals surface area contributed by atoms with Gasteiger partial charge in [-0.3, -0.25) is 4.90 Å². The van der Waals surface area contributed by atoms with Crippen molar-refractivity contribution in [2.24, 2.45) is 5.92 Å². The number of nitrogen functional groups attached to an aromatic ring is 1. The van der Waals surface area contributed by atoms with Crippen LogP contribution in [0.25, 0.3) is 0 Å². The van der Waals surface area contributed by atoms with Crippen LogP contribution in [-0.4, -0.2) is 22.5 Å². The van der Waals surface area contributed by atoms with Gasteiger partial charge < -0.3 is 5.73 Å². The largest absolute Gasteiger partial charge is 0.384 e. The van der Waals surface area contributed by atoms with Gasteiger partial charge in [-0.25, -0.2) is 4.98 Å². The highest BCUT2D eigenvalue weighted by atomic mass is 15.2.